The molecule has 1 aromatic heterocycles. The van der Waals surface area contributed by atoms with Gasteiger partial charge in [-0.15, -0.1) is 0 Å². The molecule has 5 aromatic rings. The molecule has 0 bridgehead atoms. The van der Waals surface area contributed by atoms with Gasteiger partial charge in [0.2, 0.25) is 11.8 Å². The van der Waals surface area contributed by atoms with Crippen LogP contribution in [0.1, 0.15) is 16.7 Å². The first-order valence-electron chi connectivity index (χ1n) is 13.9. The van der Waals surface area contributed by atoms with Crippen molar-refractivity contribution in [2.24, 2.45) is 0 Å². The van der Waals surface area contributed by atoms with Crippen LogP contribution in [-0.2, 0) is 29.0 Å². The quantitative estimate of drug-likeness (QED) is 0.299. The number of likely N-dealkylation sites (N-methyl/N-ethyl adjacent to an activating group) is 1. The molecule has 6 rings (SSSR count). The Balaban J connectivity index is 1.28. The number of hydrogen-bond acceptors (Lipinski definition) is 3. The van der Waals surface area contributed by atoms with Crippen molar-refractivity contribution in [2.75, 3.05) is 20.1 Å². The van der Waals surface area contributed by atoms with Crippen LogP contribution in [-0.4, -0.2) is 58.8 Å². The Morgan fingerprint density at radius 2 is 1.68 bits per heavy atom. The summed E-state index contributed by atoms with van der Waals surface area (Å²) >= 11 is 0. The molecule has 0 saturated carbocycles. The highest BCUT2D eigenvalue weighted by Gasteiger charge is 2.37. The number of para-hydroxylation sites is 1. The molecule has 2 amide bonds. The zero-order valence-electron chi connectivity index (χ0n) is 22.7. The first kappa shape index (κ1) is 25.8. The molecule has 202 valence electrons. The maximum absolute atomic E-state index is 14.1. The van der Waals surface area contributed by atoms with Gasteiger partial charge < -0.3 is 20.1 Å². The van der Waals surface area contributed by atoms with E-state index in [2.05, 4.69) is 46.7 Å². The number of hydrogen-bond donors (Lipinski definition) is 2. The van der Waals surface area contributed by atoms with Crippen LogP contribution in [0.4, 0.5) is 0 Å². The Kier molecular flexibility index (Phi) is 7.34. The molecule has 2 N–H and O–H groups in total. The summed E-state index contributed by atoms with van der Waals surface area (Å²) in [5, 5.41) is 6.84. The molecule has 2 heterocycles. The first-order chi connectivity index (χ1) is 19.6. The van der Waals surface area contributed by atoms with E-state index < -0.39 is 6.04 Å². The Hall–Kier alpha value is -4.42. The normalized spacial score (nSPS) is 16.4. The second-order valence-corrected chi connectivity index (χ2v) is 10.7. The van der Waals surface area contributed by atoms with E-state index in [4.69, 9.17) is 0 Å². The lowest BCUT2D eigenvalue weighted by Gasteiger charge is -2.39. The topological polar surface area (TPSA) is 68.4 Å². The molecule has 1 saturated heterocycles. The number of carbonyl (C=O) groups excluding carboxylic acids is 2. The predicted octanol–water partition coefficient (Wildman–Crippen LogP) is 4.93. The molecule has 1 aliphatic heterocycles. The lowest BCUT2D eigenvalue weighted by atomic mass is 9.97. The SMILES string of the molecule is CN(Cc1ccccc1)C(=O)[C@H](Cc1ccc2ccccc2c1)N1CCN[C@@H](Cc2c[nH]c3ccccc23)C1=O. The summed E-state index contributed by atoms with van der Waals surface area (Å²) in [4.78, 5) is 35.0. The lowest BCUT2D eigenvalue weighted by molar-refractivity contribution is -0.148. The van der Waals surface area contributed by atoms with Crippen LogP contribution in [0.3, 0.4) is 0 Å². The minimum absolute atomic E-state index is 0.0243. The highest BCUT2D eigenvalue weighted by Crippen LogP contribution is 2.23. The van der Waals surface area contributed by atoms with Crippen molar-refractivity contribution >= 4 is 33.5 Å². The number of fused-ring (bicyclic) bond motifs is 2. The summed E-state index contributed by atoms with van der Waals surface area (Å²) in [7, 11) is 1.83. The summed E-state index contributed by atoms with van der Waals surface area (Å²) in [5.41, 5.74) is 4.27. The Bertz CT molecular complexity index is 1640. The Morgan fingerprint density at radius 3 is 2.52 bits per heavy atom. The fourth-order valence-electron chi connectivity index (χ4n) is 5.86. The van der Waals surface area contributed by atoms with Gasteiger partial charge in [0.1, 0.15) is 6.04 Å². The summed E-state index contributed by atoms with van der Waals surface area (Å²) in [5.74, 6) is -0.0677. The minimum Gasteiger partial charge on any atom is -0.361 e. The van der Waals surface area contributed by atoms with Gasteiger partial charge in [0.05, 0.1) is 6.04 Å². The number of nitrogens with zero attached hydrogens (tertiary/aromatic N) is 2. The zero-order valence-corrected chi connectivity index (χ0v) is 22.7. The van der Waals surface area contributed by atoms with Crippen LogP contribution in [0.25, 0.3) is 21.7 Å². The van der Waals surface area contributed by atoms with E-state index in [0.29, 0.717) is 32.5 Å². The van der Waals surface area contributed by atoms with Crippen molar-refractivity contribution in [1.29, 1.82) is 0 Å². The fourth-order valence-corrected chi connectivity index (χ4v) is 5.86. The number of piperazine rings is 1. The van der Waals surface area contributed by atoms with E-state index in [0.717, 1.165) is 38.4 Å². The average molecular weight is 531 g/mol. The van der Waals surface area contributed by atoms with Gasteiger partial charge in [0.15, 0.2) is 0 Å². The van der Waals surface area contributed by atoms with Crippen molar-refractivity contribution in [3.63, 3.8) is 0 Å². The predicted molar refractivity (Wildman–Crippen MR) is 160 cm³/mol. The smallest absolute Gasteiger partial charge is 0.245 e. The zero-order chi connectivity index (χ0) is 27.5. The second kappa shape index (κ2) is 11.4. The average Bonchev–Trinajstić information content (AvgIpc) is 3.40. The number of nitrogens with one attached hydrogen (secondary N) is 2. The molecule has 1 fully saturated rings. The molecule has 0 aliphatic carbocycles. The molecule has 0 unspecified atom stereocenters. The molecule has 6 nitrogen and oxygen atoms in total. The Morgan fingerprint density at radius 1 is 0.925 bits per heavy atom. The van der Waals surface area contributed by atoms with Crippen molar-refractivity contribution in [3.8, 4) is 0 Å². The second-order valence-electron chi connectivity index (χ2n) is 10.7. The number of aromatic nitrogens is 1. The molecule has 2 atom stereocenters. The lowest BCUT2D eigenvalue weighted by Crippen LogP contribution is -2.62. The van der Waals surface area contributed by atoms with Crippen LogP contribution in [0.2, 0.25) is 0 Å². The third-order valence-electron chi connectivity index (χ3n) is 7.97. The van der Waals surface area contributed by atoms with Crippen LogP contribution >= 0.6 is 0 Å². The van der Waals surface area contributed by atoms with E-state index in [9.17, 15) is 9.59 Å². The van der Waals surface area contributed by atoms with Crippen LogP contribution in [0.15, 0.2) is 103 Å². The number of H-pyrrole nitrogens is 1. The third kappa shape index (κ3) is 5.36. The summed E-state index contributed by atoms with van der Waals surface area (Å²) in [6.07, 6.45) is 3.02. The van der Waals surface area contributed by atoms with E-state index in [1.165, 1.54) is 0 Å². The van der Waals surface area contributed by atoms with Gasteiger partial charge in [0.25, 0.3) is 0 Å². The van der Waals surface area contributed by atoms with Gasteiger partial charge in [-0.3, -0.25) is 9.59 Å². The number of rotatable bonds is 8. The van der Waals surface area contributed by atoms with E-state index in [-0.39, 0.29) is 17.9 Å². The molecule has 0 spiro atoms. The van der Waals surface area contributed by atoms with Gasteiger partial charge in [0, 0.05) is 50.2 Å². The van der Waals surface area contributed by atoms with Crippen LogP contribution in [0, 0.1) is 0 Å². The molecular formula is C34H34N4O2. The molecular weight excluding hydrogens is 496 g/mol. The van der Waals surface area contributed by atoms with E-state index in [1.54, 1.807) is 4.90 Å². The maximum Gasteiger partial charge on any atom is 0.245 e. The molecule has 1 aliphatic rings. The van der Waals surface area contributed by atoms with Crippen LogP contribution in [0.5, 0.6) is 0 Å². The standard InChI is InChI=1S/C34H34N4O2/c1-37(23-24-9-3-2-4-10-24)34(40)32(20-25-15-16-26-11-5-6-12-27(26)19-25)38-18-17-35-31(33(38)39)21-28-22-36-30-14-8-7-13-29(28)30/h2-16,19,22,31-32,35-36H,17-18,20-21,23H2,1H3/t31-,32-/m0/s1. The number of benzene rings is 4. The summed E-state index contributed by atoms with van der Waals surface area (Å²) in [6.45, 7) is 1.63. The van der Waals surface area contributed by atoms with Gasteiger partial charge >= 0.3 is 0 Å². The minimum atomic E-state index is -0.588. The van der Waals surface area contributed by atoms with Gasteiger partial charge in [-0.05, 0) is 39.9 Å². The van der Waals surface area contributed by atoms with Gasteiger partial charge in [-0.25, -0.2) is 0 Å². The monoisotopic (exact) mass is 530 g/mol. The summed E-state index contributed by atoms with van der Waals surface area (Å²) in [6, 6.07) is 31.7. The molecule has 0 radical (unpaired) electrons. The first-order valence-corrected chi connectivity index (χ1v) is 13.9. The third-order valence-corrected chi connectivity index (χ3v) is 7.97. The van der Waals surface area contributed by atoms with Gasteiger partial charge in [-0.1, -0.05) is 91.0 Å². The molecule has 4 aromatic carbocycles. The van der Waals surface area contributed by atoms with E-state index in [1.807, 2.05) is 78.8 Å². The number of amides is 2. The van der Waals surface area contributed by atoms with Crippen molar-refractivity contribution in [2.45, 2.75) is 31.5 Å². The molecule has 6 heteroatoms. The highest BCUT2D eigenvalue weighted by atomic mass is 16.2. The van der Waals surface area contributed by atoms with Crippen molar-refractivity contribution < 1.29 is 9.59 Å². The largest absolute Gasteiger partial charge is 0.361 e. The summed E-state index contributed by atoms with van der Waals surface area (Å²) < 4.78 is 0. The van der Waals surface area contributed by atoms with Gasteiger partial charge in [-0.2, -0.15) is 0 Å². The number of aromatic amines is 1. The van der Waals surface area contributed by atoms with Crippen LogP contribution < -0.4 is 5.32 Å². The van der Waals surface area contributed by atoms with Crippen molar-refractivity contribution in [1.82, 2.24) is 20.1 Å². The highest BCUT2D eigenvalue weighted by molar-refractivity contribution is 5.92. The fraction of sp³-hybridized carbons (Fsp3) is 0.235. The molecule has 40 heavy (non-hydrogen) atoms. The Labute approximate surface area is 234 Å². The van der Waals surface area contributed by atoms with Crippen molar-refractivity contribution in [3.05, 3.63) is 120 Å². The maximum atomic E-state index is 14.1. The van der Waals surface area contributed by atoms with E-state index >= 15 is 0 Å². The number of carbonyl (C=O) groups is 2.